The van der Waals surface area contributed by atoms with Crippen LogP contribution in [0.2, 0.25) is 0 Å². The van der Waals surface area contributed by atoms with Gasteiger partial charge in [0, 0.05) is 22.6 Å². The first-order valence-electron chi connectivity index (χ1n) is 13.1. The monoisotopic (exact) mass is 690 g/mol. The van der Waals surface area contributed by atoms with E-state index < -0.39 is 46.7 Å². The highest BCUT2D eigenvalue weighted by molar-refractivity contribution is 8.01. The summed E-state index contributed by atoms with van der Waals surface area (Å²) in [5, 5.41) is 31.4. The zero-order valence-electron chi connectivity index (χ0n) is 24.2. The number of aromatic nitrogens is 4. The van der Waals surface area contributed by atoms with E-state index in [1.54, 1.807) is 13.0 Å². The number of amides is 3. The quantitative estimate of drug-likeness (QED) is 0.0289. The number of aliphatic carboxylic acids is 1. The van der Waals surface area contributed by atoms with Crippen molar-refractivity contribution in [2.24, 2.45) is 11.0 Å². The first-order valence-corrected chi connectivity index (χ1v) is 16.1. The Balaban J connectivity index is 1.35. The van der Waals surface area contributed by atoms with Gasteiger partial charge in [-0.1, -0.05) is 5.16 Å². The highest BCUT2D eigenvalue weighted by Crippen LogP contribution is 2.41. The smallest absolute Gasteiger partial charge is 0.352 e. The maximum Gasteiger partial charge on any atom is 0.352 e. The maximum atomic E-state index is 13.4. The number of fused-ring (bicyclic) bond motifs is 2. The lowest BCUT2D eigenvalue weighted by Gasteiger charge is -2.49. The van der Waals surface area contributed by atoms with Gasteiger partial charge in [-0.05, 0) is 32.4 Å². The second-order valence-electron chi connectivity index (χ2n) is 10.3. The second kappa shape index (κ2) is 12.6. The number of carboxylic acids is 2. The number of aryl methyl sites for hydroxylation is 1. The third-order valence-corrected chi connectivity index (χ3v) is 9.84. The van der Waals surface area contributed by atoms with Gasteiger partial charge in [0.1, 0.15) is 33.4 Å². The van der Waals surface area contributed by atoms with Gasteiger partial charge in [0.15, 0.2) is 16.5 Å². The molecule has 1 unspecified atom stereocenters. The highest BCUT2D eigenvalue weighted by Gasteiger charge is 2.54. The van der Waals surface area contributed by atoms with Crippen LogP contribution in [0.4, 0.5) is 5.13 Å². The molecule has 0 aliphatic carbocycles. The van der Waals surface area contributed by atoms with E-state index in [9.17, 15) is 34.2 Å². The molecule has 18 nitrogen and oxygen atoms in total. The first kappa shape index (κ1) is 32.7. The molecule has 3 amide bonds. The Bertz CT molecular complexity index is 1850. The number of hydrazine groups is 1. The number of rotatable bonds is 11. The van der Waals surface area contributed by atoms with Gasteiger partial charge in [0.25, 0.3) is 17.7 Å². The number of nitrogens with two attached hydrogens (primary N) is 2. The minimum Gasteiger partial charge on any atom is -0.477 e. The molecule has 0 radical (unpaired) electrons. The molecule has 0 bridgehead atoms. The van der Waals surface area contributed by atoms with Crippen molar-refractivity contribution in [3.63, 3.8) is 0 Å². The molecule has 2 aliphatic rings. The molecule has 2 atom stereocenters. The van der Waals surface area contributed by atoms with E-state index in [1.807, 2.05) is 5.43 Å². The van der Waals surface area contributed by atoms with Crippen LogP contribution < -0.4 is 22.3 Å². The zero-order valence-corrected chi connectivity index (χ0v) is 26.7. The topological polar surface area (TPSA) is 270 Å². The highest BCUT2D eigenvalue weighted by atomic mass is 32.2. The third-order valence-electron chi connectivity index (χ3n) is 6.75. The molecule has 5 rings (SSSR count). The van der Waals surface area contributed by atoms with E-state index in [0.29, 0.717) is 16.3 Å². The predicted octanol–water partition coefficient (Wildman–Crippen LogP) is -0.205. The summed E-state index contributed by atoms with van der Waals surface area (Å²) in [5.74, 6) is 0.793. The number of carbonyl (C=O) groups excluding carboxylic acids is 3. The summed E-state index contributed by atoms with van der Waals surface area (Å²) in [6.07, 6.45) is 1.19. The van der Waals surface area contributed by atoms with Crippen LogP contribution in [0.25, 0.3) is 5.65 Å². The Hall–Kier alpha value is -4.73. The predicted molar refractivity (Wildman–Crippen MR) is 166 cm³/mol. The minimum absolute atomic E-state index is 0.0300. The zero-order chi connectivity index (χ0) is 33.5. The Labute approximate surface area is 271 Å². The largest absolute Gasteiger partial charge is 0.477 e. The average Bonchev–Trinajstić information content (AvgIpc) is 3.63. The van der Waals surface area contributed by atoms with Gasteiger partial charge in [0.2, 0.25) is 5.60 Å². The molecule has 2 aliphatic heterocycles. The second-order valence-corrected chi connectivity index (χ2v) is 13.3. The number of carboxylic acid groups (broad SMARTS) is 2. The van der Waals surface area contributed by atoms with Gasteiger partial charge in [-0.3, -0.25) is 24.7 Å². The molecule has 242 valence electrons. The van der Waals surface area contributed by atoms with Gasteiger partial charge in [-0.25, -0.2) is 29.9 Å². The van der Waals surface area contributed by atoms with E-state index in [4.69, 9.17) is 16.4 Å². The SMILES string of the molecule is Cc1cc(SCC2=C(C(=O)O)N3C(=O)C(NC(=O)C(=NOC(C)(C)C(=O)NN)c4csc(N)n4)[C@@H]3SC2)n2ncc(C(=O)O)c2n1. The van der Waals surface area contributed by atoms with Crippen molar-refractivity contribution in [3.05, 3.63) is 45.9 Å². The van der Waals surface area contributed by atoms with E-state index in [2.05, 4.69) is 25.5 Å². The molecule has 3 aromatic heterocycles. The number of β-lactam (4-membered cyclic amide) rings is 1. The molecule has 3 aromatic rings. The lowest BCUT2D eigenvalue weighted by molar-refractivity contribution is -0.150. The summed E-state index contributed by atoms with van der Waals surface area (Å²) in [6.45, 7) is 4.43. The van der Waals surface area contributed by atoms with Crippen LogP contribution in [0.1, 0.15) is 35.6 Å². The van der Waals surface area contributed by atoms with E-state index in [1.165, 1.54) is 53.5 Å². The van der Waals surface area contributed by atoms with Crippen LogP contribution in [0.3, 0.4) is 0 Å². The number of thioether (sulfide) groups is 2. The lowest BCUT2D eigenvalue weighted by Crippen LogP contribution is -2.71. The molecule has 5 heterocycles. The average molecular weight is 691 g/mol. The fraction of sp³-hybridized carbons (Fsp3) is 0.320. The number of hydrogen-bond acceptors (Lipinski definition) is 15. The van der Waals surface area contributed by atoms with Crippen molar-refractivity contribution in [1.29, 1.82) is 0 Å². The van der Waals surface area contributed by atoms with Crippen molar-refractivity contribution in [2.75, 3.05) is 17.2 Å². The molecule has 0 spiro atoms. The molecule has 0 saturated carbocycles. The van der Waals surface area contributed by atoms with Crippen LogP contribution in [-0.4, -0.2) is 98.6 Å². The van der Waals surface area contributed by atoms with Gasteiger partial charge in [0.05, 0.1) is 6.20 Å². The summed E-state index contributed by atoms with van der Waals surface area (Å²) in [4.78, 5) is 77.4. The third kappa shape index (κ3) is 6.08. The molecule has 8 N–H and O–H groups in total. The van der Waals surface area contributed by atoms with E-state index in [-0.39, 0.29) is 45.0 Å². The Kier molecular flexibility index (Phi) is 8.93. The normalized spacial score (nSPS) is 18.2. The molecular formula is C25H26N10O8S3. The van der Waals surface area contributed by atoms with Crippen molar-refractivity contribution < 1.29 is 39.0 Å². The van der Waals surface area contributed by atoms with Crippen LogP contribution >= 0.6 is 34.9 Å². The number of anilines is 1. The van der Waals surface area contributed by atoms with E-state index >= 15 is 0 Å². The number of hydrogen-bond donors (Lipinski definition) is 6. The maximum absolute atomic E-state index is 13.4. The molecule has 46 heavy (non-hydrogen) atoms. The van der Waals surface area contributed by atoms with Crippen LogP contribution in [0.5, 0.6) is 0 Å². The molecule has 1 saturated heterocycles. The van der Waals surface area contributed by atoms with Gasteiger partial charge in [-0.15, -0.1) is 34.9 Å². The van der Waals surface area contributed by atoms with Crippen LogP contribution in [-0.2, 0) is 24.0 Å². The summed E-state index contributed by atoms with van der Waals surface area (Å²) in [7, 11) is 0. The molecule has 21 heteroatoms. The Morgan fingerprint density at radius 1 is 1.24 bits per heavy atom. The van der Waals surface area contributed by atoms with Crippen molar-refractivity contribution in [3.8, 4) is 0 Å². The first-order chi connectivity index (χ1) is 21.7. The van der Waals surface area contributed by atoms with Gasteiger partial charge in [-0.2, -0.15) is 5.10 Å². The number of aromatic carboxylic acids is 1. The van der Waals surface area contributed by atoms with Crippen LogP contribution in [0, 0.1) is 6.92 Å². The number of oxime groups is 1. The lowest BCUT2D eigenvalue weighted by atomic mass is 10.0. The van der Waals surface area contributed by atoms with Crippen molar-refractivity contribution in [2.45, 2.75) is 42.8 Å². The van der Waals surface area contributed by atoms with Crippen LogP contribution in [0.15, 0.2) is 39.1 Å². The standard InChI is InChI=1S/C25H26N10O8S3/c1-9-4-13(35-17(29-9)11(5-28-35)21(38)39)44-6-10-7-45-20-15(19(37)34(20)16(10)22(40)41)31-18(36)14(12-8-46-24(26)30-12)33-43-25(2,3)23(42)32-27/h4-5,8,15,20H,6-7,27H2,1-3H3,(H2,26,30)(H,31,36)(H,32,42)(H,38,39)(H,40,41)/t15?,20-/m0/s1. The van der Waals surface area contributed by atoms with Gasteiger partial charge < -0.3 is 26.1 Å². The number of thiazole rings is 1. The molecule has 0 aromatic carbocycles. The fourth-order valence-electron chi connectivity index (χ4n) is 4.44. The minimum atomic E-state index is -1.57. The summed E-state index contributed by atoms with van der Waals surface area (Å²) < 4.78 is 1.36. The summed E-state index contributed by atoms with van der Waals surface area (Å²) in [6, 6.07) is 0.585. The molecular weight excluding hydrogens is 665 g/mol. The molecule has 1 fully saturated rings. The Morgan fingerprint density at radius 3 is 2.61 bits per heavy atom. The number of nitrogens with one attached hydrogen (secondary N) is 2. The number of carbonyl (C=O) groups is 5. The fourth-order valence-corrected chi connectivity index (χ4v) is 7.54. The van der Waals surface area contributed by atoms with E-state index in [0.717, 1.165) is 16.2 Å². The summed E-state index contributed by atoms with van der Waals surface area (Å²) in [5.41, 5.74) is 6.60. The number of nitrogens with zero attached hydrogens (tertiary/aromatic N) is 6. The number of nitrogen functional groups attached to an aromatic ring is 1. The van der Waals surface area contributed by atoms with Crippen molar-refractivity contribution in [1.82, 2.24) is 35.2 Å². The summed E-state index contributed by atoms with van der Waals surface area (Å²) >= 11 is 3.49. The van der Waals surface area contributed by atoms with Crippen molar-refractivity contribution >= 4 is 81.0 Å². The Morgan fingerprint density at radius 2 is 1.98 bits per heavy atom. The van der Waals surface area contributed by atoms with Gasteiger partial charge >= 0.3 is 11.9 Å².